The number of hydrogen-bond acceptors (Lipinski definition) is 4. The maximum Gasteiger partial charge on any atom is 0.239 e. The number of aryl methyl sites for hydroxylation is 1. The summed E-state index contributed by atoms with van der Waals surface area (Å²) >= 11 is 0. The summed E-state index contributed by atoms with van der Waals surface area (Å²) in [6.07, 6.45) is 1.40. The van der Waals surface area contributed by atoms with Crippen molar-refractivity contribution in [3.63, 3.8) is 0 Å². The molecule has 1 amide bonds. The summed E-state index contributed by atoms with van der Waals surface area (Å²) in [5, 5.41) is 5.98. The molecule has 0 spiro atoms. The van der Waals surface area contributed by atoms with E-state index in [2.05, 4.69) is 10.6 Å². The third-order valence-electron chi connectivity index (χ3n) is 4.57. The first-order valence-electron chi connectivity index (χ1n) is 9.26. The SMILES string of the molecule is CCc1c(NCC(=O)NC(C)CC)cccc1S(=O)(=O)c1ccc(C)cc1. The molecule has 2 N–H and O–H groups in total. The molecule has 2 aromatic rings. The molecule has 2 aromatic carbocycles. The van der Waals surface area contributed by atoms with E-state index < -0.39 is 9.84 Å². The fourth-order valence-electron chi connectivity index (χ4n) is 2.80. The second-order valence-electron chi connectivity index (χ2n) is 6.68. The van der Waals surface area contributed by atoms with E-state index in [1.54, 1.807) is 36.4 Å². The van der Waals surface area contributed by atoms with E-state index in [0.717, 1.165) is 12.0 Å². The average molecular weight is 389 g/mol. The van der Waals surface area contributed by atoms with Crippen molar-refractivity contribution < 1.29 is 13.2 Å². The van der Waals surface area contributed by atoms with Gasteiger partial charge in [-0.15, -0.1) is 0 Å². The monoisotopic (exact) mass is 388 g/mol. The van der Waals surface area contributed by atoms with Gasteiger partial charge in [-0.05, 0) is 56.5 Å². The number of sulfone groups is 1. The van der Waals surface area contributed by atoms with Gasteiger partial charge in [-0.2, -0.15) is 0 Å². The Hall–Kier alpha value is -2.34. The molecule has 0 heterocycles. The summed E-state index contributed by atoms with van der Waals surface area (Å²) in [5.74, 6) is -0.113. The minimum atomic E-state index is -3.62. The molecule has 0 aromatic heterocycles. The molecule has 2 rings (SSSR count). The van der Waals surface area contributed by atoms with E-state index in [9.17, 15) is 13.2 Å². The zero-order valence-corrected chi connectivity index (χ0v) is 17.2. The minimum Gasteiger partial charge on any atom is -0.376 e. The van der Waals surface area contributed by atoms with E-state index in [1.165, 1.54) is 0 Å². The number of amides is 1. The summed E-state index contributed by atoms with van der Waals surface area (Å²) in [7, 11) is -3.62. The number of nitrogens with one attached hydrogen (secondary N) is 2. The fourth-order valence-corrected chi connectivity index (χ4v) is 4.38. The Balaban J connectivity index is 2.30. The van der Waals surface area contributed by atoms with E-state index in [1.807, 2.05) is 33.8 Å². The highest BCUT2D eigenvalue weighted by Gasteiger charge is 2.22. The summed E-state index contributed by atoms with van der Waals surface area (Å²) in [5.41, 5.74) is 2.37. The largest absolute Gasteiger partial charge is 0.376 e. The fraction of sp³-hybridized carbons (Fsp3) is 0.381. The lowest BCUT2D eigenvalue weighted by Crippen LogP contribution is -2.36. The van der Waals surface area contributed by atoms with Gasteiger partial charge in [0.05, 0.1) is 16.3 Å². The Morgan fingerprint density at radius 3 is 2.33 bits per heavy atom. The molecule has 5 nitrogen and oxygen atoms in total. The molecule has 0 saturated heterocycles. The number of anilines is 1. The van der Waals surface area contributed by atoms with Crippen LogP contribution < -0.4 is 10.6 Å². The van der Waals surface area contributed by atoms with E-state index in [-0.39, 0.29) is 28.3 Å². The van der Waals surface area contributed by atoms with Gasteiger partial charge in [0.15, 0.2) is 0 Å². The standard InChI is InChI=1S/C21H28N2O3S/c1-5-16(4)23-21(24)14-22-19-8-7-9-20(18(19)6-2)27(25,26)17-12-10-15(3)11-13-17/h7-13,16,22H,5-6,14H2,1-4H3,(H,23,24). The Labute approximate surface area is 162 Å². The van der Waals surface area contributed by atoms with Crippen molar-refractivity contribution in [3.8, 4) is 0 Å². The summed E-state index contributed by atoms with van der Waals surface area (Å²) in [6, 6.07) is 12.1. The van der Waals surface area contributed by atoms with Gasteiger partial charge < -0.3 is 10.6 Å². The smallest absolute Gasteiger partial charge is 0.239 e. The molecule has 146 valence electrons. The highest BCUT2D eigenvalue weighted by Crippen LogP contribution is 2.29. The van der Waals surface area contributed by atoms with Crippen molar-refractivity contribution >= 4 is 21.4 Å². The number of carbonyl (C=O) groups is 1. The minimum absolute atomic E-state index is 0.103. The van der Waals surface area contributed by atoms with Gasteiger partial charge in [0.2, 0.25) is 15.7 Å². The molecule has 6 heteroatoms. The molecule has 0 fully saturated rings. The van der Waals surface area contributed by atoms with Crippen LogP contribution in [0.5, 0.6) is 0 Å². The van der Waals surface area contributed by atoms with Crippen LogP contribution in [0.1, 0.15) is 38.3 Å². The van der Waals surface area contributed by atoms with Gasteiger partial charge in [-0.25, -0.2) is 8.42 Å². The van der Waals surface area contributed by atoms with Crippen LogP contribution in [0.2, 0.25) is 0 Å². The maximum atomic E-state index is 13.1. The number of rotatable bonds is 8. The third-order valence-corrected chi connectivity index (χ3v) is 6.42. The first-order chi connectivity index (χ1) is 12.8. The number of carbonyl (C=O) groups excluding carboxylic acids is 1. The van der Waals surface area contributed by atoms with E-state index in [0.29, 0.717) is 17.7 Å². The Morgan fingerprint density at radius 1 is 1.07 bits per heavy atom. The average Bonchev–Trinajstić information content (AvgIpc) is 2.66. The van der Waals surface area contributed by atoms with Crippen molar-refractivity contribution in [3.05, 3.63) is 53.6 Å². The molecule has 0 aliphatic carbocycles. The van der Waals surface area contributed by atoms with E-state index >= 15 is 0 Å². The highest BCUT2D eigenvalue weighted by molar-refractivity contribution is 7.91. The second-order valence-corrected chi connectivity index (χ2v) is 8.60. The summed E-state index contributed by atoms with van der Waals surface area (Å²) < 4.78 is 26.2. The summed E-state index contributed by atoms with van der Waals surface area (Å²) in [6.45, 7) is 7.89. The van der Waals surface area contributed by atoms with Gasteiger partial charge in [0.25, 0.3) is 0 Å². The molecule has 0 aliphatic rings. The lowest BCUT2D eigenvalue weighted by atomic mass is 10.1. The van der Waals surface area contributed by atoms with Gasteiger partial charge in [0.1, 0.15) is 0 Å². The van der Waals surface area contributed by atoms with Gasteiger partial charge in [0, 0.05) is 11.7 Å². The molecule has 27 heavy (non-hydrogen) atoms. The van der Waals surface area contributed by atoms with Gasteiger partial charge >= 0.3 is 0 Å². The van der Waals surface area contributed by atoms with Crippen molar-refractivity contribution in [1.29, 1.82) is 0 Å². The Morgan fingerprint density at radius 2 is 1.74 bits per heavy atom. The van der Waals surface area contributed by atoms with Crippen molar-refractivity contribution in [2.24, 2.45) is 0 Å². The molecule has 0 radical (unpaired) electrons. The molecular formula is C21H28N2O3S. The first-order valence-corrected chi connectivity index (χ1v) is 10.7. The molecular weight excluding hydrogens is 360 g/mol. The van der Waals surface area contributed by atoms with E-state index in [4.69, 9.17) is 0 Å². The molecule has 0 saturated carbocycles. The second kappa shape index (κ2) is 9.04. The van der Waals surface area contributed by atoms with Crippen LogP contribution in [0.15, 0.2) is 52.3 Å². The molecule has 0 bridgehead atoms. The van der Waals surface area contributed by atoms with Gasteiger partial charge in [-0.1, -0.05) is 37.6 Å². The van der Waals surface area contributed by atoms with Crippen LogP contribution in [0.25, 0.3) is 0 Å². The molecule has 1 unspecified atom stereocenters. The molecule has 1 atom stereocenters. The topological polar surface area (TPSA) is 75.3 Å². The predicted octanol–water partition coefficient (Wildman–Crippen LogP) is 3.72. The normalized spacial score (nSPS) is 12.4. The predicted molar refractivity (Wildman–Crippen MR) is 109 cm³/mol. The molecule has 0 aliphatic heterocycles. The quantitative estimate of drug-likeness (QED) is 0.723. The zero-order chi connectivity index (χ0) is 20.0. The Bertz CT molecular complexity index is 890. The number of benzene rings is 2. The Kier molecular flexibility index (Phi) is 7.02. The van der Waals surface area contributed by atoms with Gasteiger partial charge in [-0.3, -0.25) is 4.79 Å². The third kappa shape index (κ3) is 5.10. The number of hydrogen-bond donors (Lipinski definition) is 2. The van der Waals surface area contributed by atoms with Crippen LogP contribution >= 0.6 is 0 Å². The van der Waals surface area contributed by atoms with Crippen LogP contribution in [0, 0.1) is 6.92 Å². The highest BCUT2D eigenvalue weighted by atomic mass is 32.2. The van der Waals surface area contributed by atoms with Crippen molar-refractivity contribution in [1.82, 2.24) is 5.32 Å². The van der Waals surface area contributed by atoms with Crippen molar-refractivity contribution in [2.75, 3.05) is 11.9 Å². The van der Waals surface area contributed by atoms with Crippen LogP contribution in [0.3, 0.4) is 0 Å². The lowest BCUT2D eigenvalue weighted by molar-refractivity contribution is -0.120. The first kappa shape index (κ1) is 21.0. The lowest BCUT2D eigenvalue weighted by Gasteiger charge is -2.17. The van der Waals surface area contributed by atoms with Crippen LogP contribution in [0.4, 0.5) is 5.69 Å². The maximum absolute atomic E-state index is 13.1. The summed E-state index contributed by atoms with van der Waals surface area (Å²) in [4.78, 5) is 12.6. The van der Waals surface area contributed by atoms with Crippen molar-refractivity contribution in [2.45, 2.75) is 56.4 Å². The van der Waals surface area contributed by atoms with Crippen LogP contribution in [-0.2, 0) is 21.1 Å². The zero-order valence-electron chi connectivity index (χ0n) is 16.4. The van der Waals surface area contributed by atoms with Crippen LogP contribution in [-0.4, -0.2) is 26.9 Å².